The van der Waals surface area contributed by atoms with Gasteiger partial charge in [0.2, 0.25) is 0 Å². The number of nitro benzene ring substituents is 1. The van der Waals surface area contributed by atoms with Gasteiger partial charge in [0.1, 0.15) is 0 Å². The van der Waals surface area contributed by atoms with E-state index in [1.165, 1.54) is 23.5 Å². The first kappa shape index (κ1) is 20.9. The molecule has 29 heavy (non-hydrogen) atoms. The van der Waals surface area contributed by atoms with E-state index in [-0.39, 0.29) is 22.4 Å². The van der Waals surface area contributed by atoms with Crippen molar-refractivity contribution < 1.29 is 9.72 Å². The number of nitro groups is 1. The molecule has 152 valence electrons. The zero-order chi connectivity index (χ0) is 21.6. The summed E-state index contributed by atoms with van der Waals surface area (Å²) in [5, 5.41) is 14.2. The first-order chi connectivity index (χ1) is 13.3. The minimum Gasteiger partial charge on any atom is -0.298 e. The van der Waals surface area contributed by atoms with E-state index >= 15 is 0 Å². The largest absolute Gasteiger partial charge is 0.298 e. The highest BCUT2D eigenvalue weighted by Crippen LogP contribution is 2.32. The maximum absolute atomic E-state index is 13.0. The molecule has 7 heteroatoms. The van der Waals surface area contributed by atoms with Gasteiger partial charge < -0.3 is 0 Å². The van der Waals surface area contributed by atoms with Crippen molar-refractivity contribution >= 4 is 38.3 Å². The van der Waals surface area contributed by atoms with Gasteiger partial charge in [0, 0.05) is 17.7 Å². The Labute approximate surface area is 174 Å². The molecule has 0 saturated carbocycles. The molecule has 0 unspecified atom stereocenters. The highest BCUT2D eigenvalue weighted by Gasteiger charge is 2.22. The van der Waals surface area contributed by atoms with E-state index in [9.17, 15) is 14.9 Å². The van der Waals surface area contributed by atoms with Gasteiger partial charge >= 0.3 is 0 Å². The quantitative estimate of drug-likeness (QED) is 0.420. The number of carbonyl (C=O) groups is 1. The third-order valence-electron chi connectivity index (χ3n) is 4.73. The highest BCUT2D eigenvalue weighted by molar-refractivity contribution is 7.22. The number of anilines is 1. The topological polar surface area (TPSA) is 85.1 Å². The van der Waals surface area contributed by atoms with Crippen molar-refractivity contribution in [3.05, 3.63) is 63.2 Å². The molecular weight excluding hydrogens is 386 g/mol. The van der Waals surface area contributed by atoms with Crippen molar-refractivity contribution in [3.8, 4) is 0 Å². The van der Waals surface area contributed by atoms with E-state index in [1.807, 2.05) is 12.1 Å². The summed E-state index contributed by atoms with van der Waals surface area (Å²) >= 11 is 1.22. The van der Waals surface area contributed by atoms with Gasteiger partial charge in [-0.1, -0.05) is 58.9 Å². The lowest BCUT2D eigenvalue weighted by atomic mass is 9.79. The van der Waals surface area contributed by atoms with Gasteiger partial charge in [0.05, 0.1) is 15.1 Å². The SMILES string of the molecule is CC(C)(C)c1cc(C(=O)Nc2nc3ccc([N+](=O)[O-])cc3s2)cc(C(C)(C)C)c1. The third-order valence-corrected chi connectivity index (χ3v) is 5.66. The van der Waals surface area contributed by atoms with Crippen LogP contribution >= 0.6 is 11.3 Å². The van der Waals surface area contributed by atoms with E-state index in [0.29, 0.717) is 20.9 Å². The second kappa shape index (κ2) is 7.22. The molecular formula is C22H25N3O3S. The van der Waals surface area contributed by atoms with Crippen LogP contribution in [0.1, 0.15) is 63.0 Å². The van der Waals surface area contributed by atoms with Crippen LogP contribution in [0.15, 0.2) is 36.4 Å². The van der Waals surface area contributed by atoms with Crippen LogP contribution < -0.4 is 5.32 Å². The summed E-state index contributed by atoms with van der Waals surface area (Å²) in [4.78, 5) is 27.9. The van der Waals surface area contributed by atoms with Crippen LogP contribution in [0.4, 0.5) is 10.8 Å². The van der Waals surface area contributed by atoms with Gasteiger partial charge in [0.25, 0.3) is 11.6 Å². The van der Waals surface area contributed by atoms with Crippen LogP contribution in [0.2, 0.25) is 0 Å². The summed E-state index contributed by atoms with van der Waals surface area (Å²) < 4.78 is 0.660. The smallest absolute Gasteiger partial charge is 0.270 e. The summed E-state index contributed by atoms with van der Waals surface area (Å²) in [6, 6.07) is 10.5. The molecule has 3 rings (SSSR count). The first-order valence-electron chi connectivity index (χ1n) is 9.37. The molecule has 1 aromatic heterocycles. The monoisotopic (exact) mass is 411 g/mol. The lowest BCUT2D eigenvalue weighted by Crippen LogP contribution is -2.20. The molecule has 2 aromatic carbocycles. The van der Waals surface area contributed by atoms with Crippen LogP contribution in [-0.2, 0) is 10.8 Å². The summed E-state index contributed by atoms with van der Waals surface area (Å²) in [6.45, 7) is 12.7. The number of benzene rings is 2. The number of carbonyl (C=O) groups excluding carboxylic acids is 1. The molecule has 0 atom stereocenters. The van der Waals surface area contributed by atoms with Crippen molar-refractivity contribution in [2.45, 2.75) is 52.4 Å². The lowest BCUT2D eigenvalue weighted by Gasteiger charge is -2.26. The van der Waals surface area contributed by atoms with Crippen LogP contribution in [-0.4, -0.2) is 15.8 Å². The van der Waals surface area contributed by atoms with Crippen LogP contribution in [0.3, 0.4) is 0 Å². The highest BCUT2D eigenvalue weighted by atomic mass is 32.1. The van der Waals surface area contributed by atoms with Crippen LogP contribution in [0, 0.1) is 10.1 Å². The van der Waals surface area contributed by atoms with E-state index in [1.54, 1.807) is 6.07 Å². The average molecular weight is 412 g/mol. The van der Waals surface area contributed by atoms with Gasteiger partial charge in [-0.15, -0.1) is 0 Å². The number of hydrogen-bond donors (Lipinski definition) is 1. The Morgan fingerprint density at radius 3 is 2.10 bits per heavy atom. The molecule has 0 aliphatic heterocycles. The second-order valence-electron chi connectivity index (χ2n) is 9.18. The van der Waals surface area contributed by atoms with Crippen molar-refractivity contribution in [1.29, 1.82) is 0 Å². The fourth-order valence-electron chi connectivity index (χ4n) is 2.87. The Morgan fingerprint density at radius 1 is 1.00 bits per heavy atom. The van der Waals surface area contributed by atoms with Gasteiger partial charge in [-0.25, -0.2) is 4.98 Å². The molecule has 1 amide bonds. The number of thiazole rings is 1. The number of non-ortho nitro benzene ring substituents is 1. The Morgan fingerprint density at radius 2 is 1.59 bits per heavy atom. The maximum Gasteiger partial charge on any atom is 0.270 e. The molecule has 3 aromatic rings. The van der Waals surface area contributed by atoms with Gasteiger partial charge in [-0.3, -0.25) is 20.2 Å². The standard InChI is InChI=1S/C22H25N3O3S/c1-21(2,3)14-9-13(10-15(11-14)22(4,5)6)19(26)24-20-23-17-8-7-16(25(27)28)12-18(17)29-20/h7-12H,1-6H3,(H,23,24,26). The lowest BCUT2D eigenvalue weighted by molar-refractivity contribution is -0.384. The molecule has 1 N–H and O–H groups in total. The zero-order valence-electron chi connectivity index (χ0n) is 17.5. The molecule has 0 radical (unpaired) electrons. The van der Waals surface area contributed by atoms with Gasteiger partial charge in [-0.2, -0.15) is 0 Å². The van der Waals surface area contributed by atoms with Crippen molar-refractivity contribution in [2.24, 2.45) is 0 Å². The summed E-state index contributed by atoms with van der Waals surface area (Å²) in [5.41, 5.74) is 3.20. The Hall–Kier alpha value is -2.80. The molecule has 0 bridgehead atoms. The number of rotatable bonds is 3. The fourth-order valence-corrected chi connectivity index (χ4v) is 3.77. The molecule has 0 saturated heterocycles. The Kier molecular flexibility index (Phi) is 5.21. The number of fused-ring (bicyclic) bond motifs is 1. The summed E-state index contributed by atoms with van der Waals surface area (Å²) in [6.07, 6.45) is 0. The molecule has 0 fully saturated rings. The van der Waals surface area contributed by atoms with E-state index in [0.717, 1.165) is 11.1 Å². The molecule has 6 nitrogen and oxygen atoms in total. The zero-order valence-corrected chi connectivity index (χ0v) is 18.3. The van der Waals surface area contributed by atoms with Crippen molar-refractivity contribution in [2.75, 3.05) is 5.32 Å². The van der Waals surface area contributed by atoms with Crippen molar-refractivity contribution in [3.63, 3.8) is 0 Å². The number of aromatic nitrogens is 1. The second-order valence-corrected chi connectivity index (χ2v) is 10.2. The third kappa shape index (κ3) is 4.62. The molecule has 0 aliphatic rings. The fraction of sp³-hybridized carbons (Fsp3) is 0.364. The van der Waals surface area contributed by atoms with E-state index in [4.69, 9.17) is 0 Å². The Balaban J connectivity index is 1.96. The van der Waals surface area contributed by atoms with Crippen LogP contribution in [0.5, 0.6) is 0 Å². The predicted molar refractivity (Wildman–Crippen MR) is 118 cm³/mol. The average Bonchev–Trinajstić information content (AvgIpc) is 3.01. The van der Waals surface area contributed by atoms with Gasteiger partial charge in [-0.05, 0) is 40.2 Å². The molecule has 1 heterocycles. The minimum atomic E-state index is -0.441. The predicted octanol–water partition coefficient (Wildman–Crippen LogP) is 6.05. The van der Waals surface area contributed by atoms with Gasteiger partial charge in [0.15, 0.2) is 5.13 Å². The van der Waals surface area contributed by atoms with E-state index in [2.05, 4.69) is 57.9 Å². The normalized spacial score (nSPS) is 12.2. The number of nitrogens with one attached hydrogen (secondary N) is 1. The maximum atomic E-state index is 13.0. The minimum absolute atomic E-state index is 0.00623. The Bertz CT molecular complexity index is 1070. The first-order valence-corrected chi connectivity index (χ1v) is 10.2. The number of nitrogens with zero attached hydrogens (tertiary/aromatic N) is 2. The van der Waals surface area contributed by atoms with Crippen molar-refractivity contribution in [1.82, 2.24) is 4.98 Å². The van der Waals surface area contributed by atoms with Crippen LogP contribution in [0.25, 0.3) is 10.2 Å². The summed E-state index contributed by atoms with van der Waals surface area (Å²) in [7, 11) is 0. The molecule has 0 spiro atoms. The summed E-state index contributed by atoms with van der Waals surface area (Å²) in [5.74, 6) is -0.241. The van der Waals surface area contributed by atoms with E-state index < -0.39 is 4.92 Å². The number of amides is 1. The molecule has 0 aliphatic carbocycles. The number of hydrogen-bond acceptors (Lipinski definition) is 5.